The average molecular weight is 671 g/mol. The Kier molecular flexibility index (Phi) is 10.2. The molecule has 2 N–H and O–H groups in total. The summed E-state index contributed by atoms with van der Waals surface area (Å²) in [5.74, 6) is -3.54. The van der Waals surface area contributed by atoms with Crippen molar-refractivity contribution in [2.45, 2.75) is 69.9 Å². The number of nitrogens with one attached hydrogen (secondary N) is 1. The third-order valence-corrected chi connectivity index (χ3v) is 10.4. The van der Waals surface area contributed by atoms with Gasteiger partial charge in [-0.1, -0.05) is 61.6 Å². The van der Waals surface area contributed by atoms with Crippen LogP contribution in [0, 0.1) is 11.8 Å². The van der Waals surface area contributed by atoms with Crippen molar-refractivity contribution in [3.05, 3.63) is 84.5 Å². The first-order valence-electron chi connectivity index (χ1n) is 17.4. The van der Waals surface area contributed by atoms with E-state index in [2.05, 4.69) is 24.1 Å². The monoisotopic (exact) mass is 670 g/mol. The number of aliphatic hydroxyl groups is 1. The maximum Gasteiger partial charge on any atom is 0.306 e. The number of rotatable bonds is 8. The second kappa shape index (κ2) is 14.6. The number of fused-ring (bicyclic) bond motifs is 2. The van der Waals surface area contributed by atoms with E-state index in [0.717, 1.165) is 24.3 Å². The van der Waals surface area contributed by atoms with E-state index in [1.165, 1.54) is 4.90 Å². The van der Waals surface area contributed by atoms with Gasteiger partial charge in [0, 0.05) is 37.4 Å². The fourth-order valence-electron chi connectivity index (χ4n) is 7.82. The first kappa shape index (κ1) is 34.4. The van der Waals surface area contributed by atoms with Crippen molar-refractivity contribution in [1.29, 1.82) is 0 Å². The van der Waals surface area contributed by atoms with E-state index >= 15 is 4.79 Å². The van der Waals surface area contributed by atoms with Crippen LogP contribution < -0.4 is 15.1 Å². The van der Waals surface area contributed by atoms with Crippen molar-refractivity contribution in [3.8, 4) is 0 Å². The molecule has 5 bridgehead atoms. The van der Waals surface area contributed by atoms with E-state index in [-0.39, 0.29) is 32.1 Å². The van der Waals surface area contributed by atoms with E-state index in [1.54, 1.807) is 17.1 Å². The summed E-state index contributed by atoms with van der Waals surface area (Å²) in [7, 11) is 0. The standard InChI is InChI=1S/C38H46N4O7/c1-4-26(23-43)42-34-37(47)41(28-18-16-27(17-19-28)40(5-2)6-3)22-12-8-11-15-31(44)48-24-29(25-13-9-7-10-14-25)39-35(45)32-30-20-21-38(34,49-30)33(32)36(42)46/h7-10,12-14,16-21,26,29-30,32-34,43H,4-6,11,15,22-24H2,1-3H3,(H,39,45)/b12-8-/t26-,29+,30+,32-,33-,34+,38-/m0/s1. The van der Waals surface area contributed by atoms with E-state index < -0.39 is 59.5 Å². The molecule has 260 valence electrons. The van der Waals surface area contributed by atoms with Gasteiger partial charge in [0.1, 0.15) is 18.2 Å². The summed E-state index contributed by atoms with van der Waals surface area (Å²) in [5, 5.41) is 13.5. The summed E-state index contributed by atoms with van der Waals surface area (Å²) >= 11 is 0. The quantitative estimate of drug-likeness (QED) is 0.323. The number of hydrogen-bond acceptors (Lipinski definition) is 8. The lowest BCUT2D eigenvalue weighted by molar-refractivity contribution is -0.146. The van der Waals surface area contributed by atoms with Gasteiger partial charge >= 0.3 is 5.97 Å². The Labute approximate surface area is 287 Å². The van der Waals surface area contributed by atoms with Crippen molar-refractivity contribution in [2.24, 2.45) is 11.8 Å². The van der Waals surface area contributed by atoms with Gasteiger partial charge in [0.2, 0.25) is 11.8 Å². The lowest BCUT2D eigenvalue weighted by Gasteiger charge is -2.38. The predicted molar refractivity (Wildman–Crippen MR) is 185 cm³/mol. The van der Waals surface area contributed by atoms with Crippen molar-refractivity contribution in [1.82, 2.24) is 10.2 Å². The smallest absolute Gasteiger partial charge is 0.306 e. The molecule has 11 heteroatoms. The van der Waals surface area contributed by atoms with Crippen LogP contribution in [-0.4, -0.2) is 90.3 Å². The largest absolute Gasteiger partial charge is 0.463 e. The Hall–Kier alpha value is -4.48. The highest BCUT2D eigenvalue weighted by molar-refractivity contribution is 6.05. The molecule has 4 aliphatic rings. The molecular weight excluding hydrogens is 624 g/mol. The van der Waals surface area contributed by atoms with Crippen molar-refractivity contribution >= 4 is 35.1 Å². The summed E-state index contributed by atoms with van der Waals surface area (Å²) in [6.07, 6.45) is 7.41. The highest BCUT2D eigenvalue weighted by Gasteiger charge is 2.73. The number of nitrogens with zero attached hydrogens (tertiary/aromatic N) is 3. The fraction of sp³-hybridized carbons (Fsp3) is 0.474. The van der Waals surface area contributed by atoms with Gasteiger partial charge in [-0.15, -0.1) is 0 Å². The van der Waals surface area contributed by atoms with Crippen LogP contribution in [0.4, 0.5) is 11.4 Å². The van der Waals surface area contributed by atoms with Gasteiger partial charge < -0.3 is 34.6 Å². The summed E-state index contributed by atoms with van der Waals surface area (Å²) < 4.78 is 12.2. The van der Waals surface area contributed by atoms with Crippen molar-refractivity contribution in [3.63, 3.8) is 0 Å². The fourth-order valence-corrected chi connectivity index (χ4v) is 7.82. The number of benzene rings is 2. The van der Waals surface area contributed by atoms with E-state index in [9.17, 15) is 19.5 Å². The molecule has 2 saturated heterocycles. The molecule has 4 heterocycles. The minimum absolute atomic E-state index is 0.0803. The zero-order valence-electron chi connectivity index (χ0n) is 28.4. The summed E-state index contributed by atoms with van der Waals surface area (Å²) in [5.41, 5.74) is 0.988. The lowest BCUT2D eigenvalue weighted by Crippen LogP contribution is -2.58. The molecule has 6 rings (SSSR count). The molecule has 0 radical (unpaired) electrons. The number of aliphatic hydroxyl groups excluding tert-OH is 1. The van der Waals surface area contributed by atoms with Crippen LogP contribution in [0.15, 0.2) is 78.9 Å². The van der Waals surface area contributed by atoms with Crippen LogP contribution in [-0.2, 0) is 28.7 Å². The van der Waals surface area contributed by atoms with Gasteiger partial charge in [0.15, 0.2) is 0 Å². The van der Waals surface area contributed by atoms with Crippen LogP contribution in [0.2, 0.25) is 0 Å². The number of cyclic esters (lactones) is 1. The zero-order chi connectivity index (χ0) is 34.7. The Bertz CT molecular complexity index is 1590. The van der Waals surface area contributed by atoms with E-state index in [4.69, 9.17) is 9.47 Å². The molecule has 7 atom stereocenters. The Morgan fingerprint density at radius 3 is 2.39 bits per heavy atom. The maximum atomic E-state index is 15.0. The Morgan fingerprint density at radius 2 is 1.71 bits per heavy atom. The Balaban J connectivity index is 1.43. The highest BCUT2D eigenvalue weighted by atomic mass is 16.5. The van der Waals surface area contributed by atoms with Gasteiger partial charge in [-0.25, -0.2) is 0 Å². The highest BCUT2D eigenvalue weighted by Crippen LogP contribution is 2.56. The van der Waals surface area contributed by atoms with Gasteiger partial charge in [-0.3, -0.25) is 19.2 Å². The molecular formula is C38H46N4O7. The third kappa shape index (κ3) is 6.25. The number of amides is 3. The molecule has 0 saturated carbocycles. The van der Waals surface area contributed by atoms with Crippen molar-refractivity contribution < 1.29 is 33.8 Å². The normalized spacial score (nSPS) is 29.8. The molecule has 2 aromatic carbocycles. The number of allylic oxidation sites excluding steroid dienone is 1. The first-order valence-corrected chi connectivity index (χ1v) is 17.4. The van der Waals surface area contributed by atoms with Crippen LogP contribution in [0.3, 0.4) is 0 Å². The molecule has 11 nitrogen and oxygen atoms in total. The molecule has 3 amide bonds. The molecule has 49 heavy (non-hydrogen) atoms. The minimum Gasteiger partial charge on any atom is -0.463 e. The number of hydrogen-bond donors (Lipinski definition) is 2. The lowest BCUT2D eigenvalue weighted by atomic mass is 9.74. The maximum absolute atomic E-state index is 15.0. The summed E-state index contributed by atoms with van der Waals surface area (Å²) in [6, 6.07) is 14.5. The number of carbonyl (C=O) groups excluding carboxylic acids is 4. The second-order valence-corrected chi connectivity index (χ2v) is 13.0. The van der Waals surface area contributed by atoms with Crippen LogP contribution in [0.1, 0.15) is 51.6 Å². The van der Waals surface area contributed by atoms with Crippen LogP contribution in [0.25, 0.3) is 0 Å². The molecule has 0 unspecified atom stereocenters. The molecule has 0 aromatic heterocycles. The van der Waals surface area contributed by atoms with Crippen LogP contribution >= 0.6 is 0 Å². The molecule has 2 fully saturated rings. The zero-order valence-corrected chi connectivity index (χ0v) is 28.4. The van der Waals surface area contributed by atoms with Crippen molar-refractivity contribution in [2.75, 3.05) is 42.6 Å². The topological polar surface area (TPSA) is 129 Å². The molecule has 2 aromatic rings. The van der Waals surface area contributed by atoms with E-state index in [0.29, 0.717) is 18.5 Å². The first-order chi connectivity index (χ1) is 23.8. The molecule has 0 aliphatic carbocycles. The second-order valence-electron chi connectivity index (χ2n) is 13.0. The minimum atomic E-state index is -1.41. The number of anilines is 2. The SMILES string of the molecule is CC[C@@H](CO)N1C(=O)[C@@H]2[C@H]3C(=O)N[C@@H](c4ccccc4)COC(=O)CC/C=C\CN(c4ccc(N(CC)CC)cc4)C(=O)[C@@H]1[C@]21C=C[C@H]3O1. The third-order valence-electron chi connectivity index (χ3n) is 10.4. The van der Waals surface area contributed by atoms with Crippen LogP contribution in [0.5, 0.6) is 0 Å². The molecule has 1 spiro atoms. The number of esters is 1. The van der Waals surface area contributed by atoms with E-state index in [1.807, 2.05) is 73.7 Å². The number of likely N-dealkylation sites (tertiary alicyclic amines) is 1. The summed E-state index contributed by atoms with van der Waals surface area (Å²) in [6.45, 7) is 7.43. The molecule has 4 aliphatic heterocycles. The number of carbonyl (C=O) groups is 4. The predicted octanol–water partition coefficient (Wildman–Crippen LogP) is 3.54. The van der Waals surface area contributed by atoms with Gasteiger partial charge in [0.05, 0.1) is 36.6 Å². The number of ether oxygens (including phenoxy) is 2. The average Bonchev–Trinajstić information content (AvgIpc) is 3.77. The van der Waals surface area contributed by atoms with Gasteiger partial charge in [0.25, 0.3) is 5.91 Å². The Morgan fingerprint density at radius 1 is 0.980 bits per heavy atom. The van der Waals surface area contributed by atoms with Gasteiger partial charge in [-0.05, 0) is 56.5 Å². The summed E-state index contributed by atoms with van der Waals surface area (Å²) in [4.78, 5) is 61.9. The van der Waals surface area contributed by atoms with Gasteiger partial charge in [-0.2, -0.15) is 0 Å².